The maximum atomic E-state index is 4.58. The molecule has 5 rings (SSSR count). The fourth-order valence-electron chi connectivity index (χ4n) is 3.51. The Morgan fingerprint density at radius 1 is 1.03 bits per heavy atom. The number of aromatic nitrogens is 6. The van der Waals surface area contributed by atoms with E-state index in [1.165, 1.54) is 6.34 Å². The van der Waals surface area contributed by atoms with Crippen molar-refractivity contribution >= 4 is 40.4 Å². The second kappa shape index (κ2) is 7.75. The molecule has 0 bridgehead atoms. The van der Waals surface area contributed by atoms with Gasteiger partial charge in [0.2, 0.25) is 0 Å². The van der Waals surface area contributed by atoms with Crippen LogP contribution >= 0.6 is 0 Å². The molecule has 0 aliphatic heterocycles. The fourth-order valence-corrected chi connectivity index (χ4v) is 3.51. The largest absolute Gasteiger partial charge is 0.353 e. The molecule has 0 radical (unpaired) electrons. The predicted molar refractivity (Wildman–Crippen MR) is 124 cm³/mol. The van der Waals surface area contributed by atoms with Crippen molar-refractivity contribution in [1.82, 2.24) is 30.1 Å². The molecule has 31 heavy (non-hydrogen) atoms. The Morgan fingerprint density at radius 3 is 2.77 bits per heavy atom. The predicted octanol–water partition coefficient (Wildman–Crippen LogP) is 4.65. The first kappa shape index (κ1) is 18.6. The lowest BCUT2D eigenvalue weighted by Gasteiger charge is -2.00. The Bertz CT molecular complexity index is 1460. The molecule has 0 atom stereocenters. The summed E-state index contributed by atoms with van der Waals surface area (Å²) < 4.78 is 0. The van der Waals surface area contributed by atoms with Crippen molar-refractivity contribution in [1.29, 1.82) is 0 Å². The zero-order chi connectivity index (χ0) is 21.2. The zero-order valence-corrected chi connectivity index (χ0v) is 16.7. The highest BCUT2D eigenvalue weighted by Gasteiger charge is 2.15. The Labute approximate surface area is 177 Å². The van der Waals surface area contributed by atoms with Crippen LogP contribution in [0, 0.1) is 0 Å². The van der Waals surface area contributed by atoms with Crippen LogP contribution in [0.15, 0.2) is 71.3 Å². The quantitative estimate of drug-likeness (QED) is 0.327. The number of aromatic amines is 2. The number of rotatable bonds is 5. The molecule has 150 valence electrons. The SMILES string of the molecule is C=NC=N/C=C(\C)c1cc2c(-c3cc4c(-c5cccnc5)nccc4[nH]3)n[nH]c2cn1. The van der Waals surface area contributed by atoms with E-state index in [-0.39, 0.29) is 0 Å². The molecule has 0 aliphatic rings. The minimum absolute atomic E-state index is 0.810. The van der Waals surface area contributed by atoms with Gasteiger partial charge in [0.1, 0.15) is 12.0 Å². The van der Waals surface area contributed by atoms with Crippen molar-refractivity contribution in [3.05, 3.63) is 67.0 Å². The van der Waals surface area contributed by atoms with Gasteiger partial charge in [0.25, 0.3) is 0 Å². The number of nitrogens with one attached hydrogen (secondary N) is 2. The van der Waals surface area contributed by atoms with Crippen LogP contribution in [0.4, 0.5) is 0 Å². The van der Waals surface area contributed by atoms with Crippen molar-refractivity contribution in [2.45, 2.75) is 6.92 Å². The summed E-state index contributed by atoms with van der Waals surface area (Å²) in [6.45, 7) is 5.33. The standard InChI is InChI=1S/C23H18N8/c1-14(10-26-13-24-2)19-8-17-21(12-28-19)30-31-23(17)20-9-16-18(29-20)5-7-27-22(16)15-4-3-6-25-11-15/h3-13,29H,2H2,1H3,(H,30,31)/b14-10+,26-13?. The summed E-state index contributed by atoms with van der Waals surface area (Å²) in [7, 11) is 0. The highest BCUT2D eigenvalue weighted by Crippen LogP contribution is 2.33. The second-order valence-corrected chi connectivity index (χ2v) is 6.99. The van der Waals surface area contributed by atoms with Gasteiger partial charge < -0.3 is 4.98 Å². The van der Waals surface area contributed by atoms with Gasteiger partial charge >= 0.3 is 0 Å². The summed E-state index contributed by atoms with van der Waals surface area (Å²) in [6.07, 6.45) is 10.2. The first-order valence-corrected chi connectivity index (χ1v) is 9.62. The maximum absolute atomic E-state index is 4.58. The molecular weight excluding hydrogens is 388 g/mol. The Hall–Kier alpha value is -4.46. The van der Waals surface area contributed by atoms with Crippen molar-refractivity contribution in [3.63, 3.8) is 0 Å². The highest BCUT2D eigenvalue weighted by atomic mass is 15.1. The van der Waals surface area contributed by atoms with Crippen LogP contribution in [-0.4, -0.2) is 43.2 Å². The zero-order valence-electron chi connectivity index (χ0n) is 16.7. The third-order valence-electron chi connectivity index (χ3n) is 5.01. The fraction of sp³-hybridized carbons (Fsp3) is 0.0435. The lowest BCUT2D eigenvalue weighted by atomic mass is 10.1. The van der Waals surface area contributed by atoms with Gasteiger partial charge in [-0.25, -0.2) is 4.99 Å². The van der Waals surface area contributed by atoms with E-state index in [1.54, 1.807) is 24.8 Å². The van der Waals surface area contributed by atoms with Gasteiger partial charge in [0.15, 0.2) is 0 Å². The minimum Gasteiger partial charge on any atom is -0.353 e. The normalized spacial score (nSPS) is 12.2. The number of hydrogen-bond acceptors (Lipinski definition) is 5. The number of H-pyrrole nitrogens is 2. The summed E-state index contributed by atoms with van der Waals surface area (Å²) >= 11 is 0. The van der Waals surface area contributed by atoms with Gasteiger partial charge in [-0.2, -0.15) is 5.10 Å². The molecule has 2 N–H and O–H groups in total. The monoisotopic (exact) mass is 406 g/mol. The van der Waals surface area contributed by atoms with Gasteiger partial charge in [-0.15, -0.1) is 0 Å². The summed E-state index contributed by atoms with van der Waals surface area (Å²) in [6, 6.07) is 9.94. The summed E-state index contributed by atoms with van der Waals surface area (Å²) in [5.74, 6) is 0. The Kier molecular flexibility index (Phi) is 4.64. The molecule has 0 saturated heterocycles. The third kappa shape index (κ3) is 3.40. The van der Waals surface area contributed by atoms with Crippen molar-refractivity contribution in [2.75, 3.05) is 0 Å². The lowest BCUT2D eigenvalue weighted by molar-refractivity contribution is 1.11. The van der Waals surface area contributed by atoms with E-state index in [2.05, 4.69) is 52.9 Å². The van der Waals surface area contributed by atoms with Crippen LogP contribution in [-0.2, 0) is 0 Å². The van der Waals surface area contributed by atoms with E-state index in [0.29, 0.717) is 0 Å². The Morgan fingerprint density at radius 2 is 1.94 bits per heavy atom. The highest BCUT2D eigenvalue weighted by molar-refractivity contribution is 6.00. The van der Waals surface area contributed by atoms with Gasteiger partial charge in [-0.1, -0.05) is 0 Å². The molecule has 0 aliphatic carbocycles. The number of nitrogens with zero attached hydrogens (tertiary/aromatic N) is 6. The van der Waals surface area contributed by atoms with Crippen LogP contribution in [0.1, 0.15) is 12.6 Å². The molecular formula is C23H18N8. The topological polar surface area (TPSA) is 108 Å². The molecule has 5 aromatic heterocycles. The molecule has 0 spiro atoms. The van der Waals surface area contributed by atoms with E-state index < -0.39 is 0 Å². The summed E-state index contributed by atoms with van der Waals surface area (Å²) in [5.41, 5.74) is 7.11. The van der Waals surface area contributed by atoms with Crippen LogP contribution in [0.5, 0.6) is 0 Å². The van der Waals surface area contributed by atoms with Crippen molar-refractivity contribution in [2.24, 2.45) is 9.98 Å². The Balaban J connectivity index is 1.63. The second-order valence-electron chi connectivity index (χ2n) is 6.99. The average Bonchev–Trinajstić information content (AvgIpc) is 3.43. The van der Waals surface area contributed by atoms with Gasteiger partial charge in [-0.3, -0.25) is 25.0 Å². The van der Waals surface area contributed by atoms with E-state index in [9.17, 15) is 0 Å². The first-order valence-electron chi connectivity index (χ1n) is 9.62. The summed E-state index contributed by atoms with van der Waals surface area (Å²) in [4.78, 5) is 24.5. The summed E-state index contributed by atoms with van der Waals surface area (Å²) in [5, 5.41) is 9.58. The minimum atomic E-state index is 0.810. The van der Waals surface area contributed by atoms with E-state index >= 15 is 0 Å². The average molecular weight is 406 g/mol. The van der Waals surface area contributed by atoms with Gasteiger partial charge in [-0.05, 0) is 49.5 Å². The molecule has 0 unspecified atom stereocenters. The van der Waals surface area contributed by atoms with Crippen LogP contribution in [0.2, 0.25) is 0 Å². The number of aliphatic imine (C=N–C) groups is 2. The number of pyridine rings is 3. The lowest BCUT2D eigenvalue weighted by Crippen LogP contribution is -1.86. The van der Waals surface area contributed by atoms with Crippen LogP contribution in [0.3, 0.4) is 0 Å². The van der Waals surface area contributed by atoms with E-state index in [0.717, 1.165) is 55.7 Å². The molecule has 5 aromatic rings. The van der Waals surface area contributed by atoms with Crippen LogP contribution < -0.4 is 0 Å². The number of hydrogen-bond donors (Lipinski definition) is 2. The third-order valence-corrected chi connectivity index (χ3v) is 5.01. The smallest absolute Gasteiger partial charge is 0.116 e. The van der Waals surface area contributed by atoms with Crippen molar-refractivity contribution < 1.29 is 0 Å². The molecule has 8 nitrogen and oxygen atoms in total. The molecule has 5 heterocycles. The first-order chi connectivity index (χ1) is 15.2. The molecule has 0 aromatic carbocycles. The van der Waals surface area contributed by atoms with E-state index in [4.69, 9.17) is 0 Å². The molecule has 0 saturated carbocycles. The molecule has 0 amide bonds. The maximum Gasteiger partial charge on any atom is 0.116 e. The van der Waals surface area contributed by atoms with Crippen molar-refractivity contribution in [3.8, 4) is 22.6 Å². The number of fused-ring (bicyclic) bond motifs is 2. The molecule has 0 fully saturated rings. The van der Waals surface area contributed by atoms with Gasteiger partial charge in [0, 0.05) is 46.6 Å². The molecule has 8 heteroatoms. The number of allylic oxidation sites excluding steroid dienone is 1. The van der Waals surface area contributed by atoms with Gasteiger partial charge in [0.05, 0.1) is 28.8 Å². The van der Waals surface area contributed by atoms with E-state index in [1.807, 2.05) is 37.4 Å². The van der Waals surface area contributed by atoms with Crippen LogP contribution in [0.25, 0.3) is 50.0 Å².